The molecule has 178 valence electrons. The Morgan fingerprint density at radius 3 is 2.43 bits per heavy atom. The lowest BCUT2D eigenvalue weighted by molar-refractivity contribution is -0.153. The van der Waals surface area contributed by atoms with Gasteiger partial charge in [-0.05, 0) is 54.2 Å². The molecule has 5 heteroatoms. The van der Waals surface area contributed by atoms with Gasteiger partial charge in [-0.15, -0.1) is 0 Å². The molecular formula is C30H30FN3O. The van der Waals surface area contributed by atoms with Gasteiger partial charge >= 0.3 is 0 Å². The molecule has 3 heterocycles. The van der Waals surface area contributed by atoms with Gasteiger partial charge in [0.2, 0.25) is 5.72 Å². The van der Waals surface area contributed by atoms with E-state index in [2.05, 4.69) is 58.4 Å². The Hall–Kier alpha value is -3.18. The Bertz CT molecular complexity index is 1280. The van der Waals surface area contributed by atoms with Gasteiger partial charge in [-0.1, -0.05) is 54.6 Å². The molecule has 0 unspecified atom stereocenters. The molecule has 0 bridgehead atoms. The average Bonchev–Trinajstić information content (AvgIpc) is 3.36. The summed E-state index contributed by atoms with van der Waals surface area (Å²) in [5, 5.41) is 7.39. The molecule has 0 amide bonds. The van der Waals surface area contributed by atoms with Crippen LogP contribution in [0.4, 0.5) is 4.39 Å². The fourth-order valence-corrected chi connectivity index (χ4v) is 6.67. The molecule has 1 fully saturated rings. The molecule has 35 heavy (non-hydrogen) atoms. The highest BCUT2D eigenvalue weighted by Gasteiger charge is 2.52. The summed E-state index contributed by atoms with van der Waals surface area (Å²) in [7, 11) is 0. The first-order valence-electron chi connectivity index (χ1n) is 12.9. The van der Waals surface area contributed by atoms with Crippen LogP contribution in [0.15, 0.2) is 77.9 Å². The van der Waals surface area contributed by atoms with Crippen LogP contribution in [0, 0.1) is 5.82 Å². The van der Waals surface area contributed by atoms with Gasteiger partial charge in [0.15, 0.2) is 0 Å². The number of piperidine rings is 1. The van der Waals surface area contributed by atoms with E-state index in [4.69, 9.17) is 9.84 Å². The number of rotatable bonds is 2. The first-order chi connectivity index (χ1) is 17.2. The Morgan fingerprint density at radius 1 is 0.857 bits per heavy atom. The minimum Gasteiger partial charge on any atom is -0.466 e. The quantitative estimate of drug-likeness (QED) is 0.447. The Morgan fingerprint density at radius 2 is 1.60 bits per heavy atom. The predicted octanol–water partition coefficient (Wildman–Crippen LogP) is 6.24. The van der Waals surface area contributed by atoms with Crippen LogP contribution in [0.5, 0.6) is 5.75 Å². The van der Waals surface area contributed by atoms with Crippen molar-refractivity contribution in [2.45, 2.75) is 56.3 Å². The second-order valence-electron chi connectivity index (χ2n) is 10.3. The molecule has 0 radical (unpaired) electrons. The van der Waals surface area contributed by atoms with Crippen molar-refractivity contribution in [3.8, 4) is 5.75 Å². The fourth-order valence-electron chi connectivity index (χ4n) is 6.67. The second-order valence-corrected chi connectivity index (χ2v) is 10.3. The van der Waals surface area contributed by atoms with Crippen molar-refractivity contribution < 1.29 is 9.13 Å². The first-order valence-corrected chi connectivity index (χ1v) is 12.9. The lowest BCUT2D eigenvalue weighted by Crippen LogP contribution is -2.59. The molecule has 3 aromatic carbocycles. The highest BCUT2D eigenvalue weighted by molar-refractivity contribution is 6.02. The molecule has 3 aromatic rings. The van der Waals surface area contributed by atoms with Crippen LogP contribution >= 0.6 is 0 Å². The number of hydrogen-bond acceptors (Lipinski definition) is 4. The van der Waals surface area contributed by atoms with Gasteiger partial charge in [0.05, 0.1) is 11.8 Å². The number of nitrogens with zero attached hydrogens (tertiary/aromatic N) is 3. The lowest BCUT2D eigenvalue weighted by atomic mass is 9.84. The minimum atomic E-state index is -0.439. The number of hydrogen-bond donors (Lipinski definition) is 0. The average molecular weight is 468 g/mol. The van der Waals surface area contributed by atoms with Crippen LogP contribution in [0.25, 0.3) is 0 Å². The van der Waals surface area contributed by atoms with Gasteiger partial charge in [-0.3, -0.25) is 4.90 Å². The maximum atomic E-state index is 13.6. The zero-order chi connectivity index (χ0) is 23.4. The third-order valence-electron chi connectivity index (χ3n) is 8.44. The molecule has 7 rings (SSSR count). The SMILES string of the molecule is Fc1ccc(C2=NN3[C@@H](C2)c2ccccc2OC32CCN([C@H]3CCCc4ccccc43)CC2)cc1. The number of ether oxygens (including phenoxy) is 1. The zero-order valence-electron chi connectivity index (χ0n) is 19.9. The maximum Gasteiger partial charge on any atom is 0.200 e. The molecule has 1 saturated heterocycles. The molecule has 4 aliphatic rings. The van der Waals surface area contributed by atoms with E-state index in [0.29, 0.717) is 6.04 Å². The molecule has 0 N–H and O–H groups in total. The molecule has 0 saturated carbocycles. The molecule has 1 aliphatic carbocycles. The van der Waals surface area contributed by atoms with Crippen molar-refractivity contribution in [1.29, 1.82) is 0 Å². The molecule has 4 nitrogen and oxygen atoms in total. The minimum absolute atomic E-state index is 0.155. The molecule has 2 atom stereocenters. The van der Waals surface area contributed by atoms with Gasteiger partial charge in [0.1, 0.15) is 11.6 Å². The first kappa shape index (κ1) is 21.1. The van der Waals surface area contributed by atoms with Gasteiger partial charge in [-0.25, -0.2) is 9.40 Å². The second kappa shape index (κ2) is 8.20. The Balaban J connectivity index is 1.20. The zero-order valence-corrected chi connectivity index (χ0v) is 19.9. The van der Waals surface area contributed by atoms with E-state index in [-0.39, 0.29) is 11.9 Å². The van der Waals surface area contributed by atoms with Crippen molar-refractivity contribution in [1.82, 2.24) is 9.91 Å². The van der Waals surface area contributed by atoms with E-state index < -0.39 is 5.72 Å². The summed E-state index contributed by atoms with van der Waals surface area (Å²) in [6.45, 7) is 1.98. The molecule has 0 aromatic heterocycles. The molecule has 1 spiro atoms. The summed E-state index contributed by atoms with van der Waals surface area (Å²) in [5.41, 5.74) is 5.79. The highest BCUT2D eigenvalue weighted by atomic mass is 19.1. The number of likely N-dealkylation sites (tertiary alicyclic amines) is 1. The van der Waals surface area contributed by atoms with Crippen molar-refractivity contribution in [3.63, 3.8) is 0 Å². The maximum absolute atomic E-state index is 13.6. The largest absolute Gasteiger partial charge is 0.466 e. The highest BCUT2D eigenvalue weighted by Crippen LogP contribution is 2.50. The smallest absolute Gasteiger partial charge is 0.200 e. The van der Waals surface area contributed by atoms with E-state index in [1.165, 1.54) is 48.1 Å². The van der Waals surface area contributed by atoms with Crippen molar-refractivity contribution in [3.05, 3.63) is 101 Å². The third kappa shape index (κ3) is 3.48. The fraction of sp³-hybridized carbons (Fsp3) is 0.367. The summed E-state index contributed by atoms with van der Waals surface area (Å²) >= 11 is 0. The van der Waals surface area contributed by atoms with Crippen LogP contribution in [0.2, 0.25) is 0 Å². The summed E-state index contributed by atoms with van der Waals surface area (Å²) in [4.78, 5) is 2.67. The number of halogens is 1. The normalized spacial score (nSPS) is 24.8. The summed E-state index contributed by atoms with van der Waals surface area (Å²) in [6.07, 6.45) is 6.32. The van der Waals surface area contributed by atoms with E-state index in [9.17, 15) is 4.39 Å². The van der Waals surface area contributed by atoms with E-state index >= 15 is 0 Å². The van der Waals surface area contributed by atoms with Crippen LogP contribution in [-0.2, 0) is 6.42 Å². The topological polar surface area (TPSA) is 28.1 Å². The third-order valence-corrected chi connectivity index (χ3v) is 8.44. The monoisotopic (exact) mass is 467 g/mol. The van der Waals surface area contributed by atoms with Crippen LogP contribution in [-0.4, -0.2) is 34.4 Å². The summed E-state index contributed by atoms with van der Waals surface area (Å²) in [5.74, 6) is 0.771. The number of hydrazone groups is 1. The van der Waals surface area contributed by atoms with Crippen LogP contribution < -0.4 is 4.74 Å². The van der Waals surface area contributed by atoms with Crippen molar-refractivity contribution in [2.75, 3.05) is 13.1 Å². The number of aryl methyl sites for hydroxylation is 1. The number of fused-ring (bicyclic) bond motifs is 5. The summed E-state index contributed by atoms with van der Waals surface area (Å²) in [6, 6.07) is 24.8. The molecular weight excluding hydrogens is 437 g/mol. The lowest BCUT2D eigenvalue weighted by Gasteiger charge is -2.52. The Kier molecular flexibility index (Phi) is 4.95. The van der Waals surface area contributed by atoms with Gasteiger partial charge in [-0.2, -0.15) is 5.10 Å². The number of benzene rings is 3. The standard InChI is InChI=1S/C30H30FN3O/c31-23-14-12-22(13-15-23)26-20-28-25-9-3-4-11-29(25)35-30(34(28)32-26)16-18-33(19-17-30)27-10-5-7-21-6-1-2-8-24(21)27/h1-4,6,8-9,11-15,27-28H,5,7,10,16-20H2/t27-,28-/m0/s1. The molecule has 3 aliphatic heterocycles. The van der Waals surface area contributed by atoms with E-state index in [1.807, 2.05) is 12.1 Å². The number of para-hydroxylation sites is 1. The van der Waals surface area contributed by atoms with Crippen molar-refractivity contribution >= 4 is 5.71 Å². The Labute approximate surface area is 206 Å². The summed E-state index contributed by atoms with van der Waals surface area (Å²) < 4.78 is 20.4. The van der Waals surface area contributed by atoms with Gasteiger partial charge in [0.25, 0.3) is 0 Å². The van der Waals surface area contributed by atoms with Gasteiger partial charge in [0, 0.05) is 44.0 Å². The van der Waals surface area contributed by atoms with Gasteiger partial charge < -0.3 is 4.74 Å². The predicted molar refractivity (Wildman–Crippen MR) is 135 cm³/mol. The van der Waals surface area contributed by atoms with Crippen molar-refractivity contribution in [2.24, 2.45) is 5.10 Å². The van der Waals surface area contributed by atoms with E-state index in [1.54, 1.807) is 0 Å². The van der Waals surface area contributed by atoms with Crippen LogP contribution in [0.3, 0.4) is 0 Å². The van der Waals surface area contributed by atoms with Crippen LogP contribution in [0.1, 0.15) is 66.4 Å². The van der Waals surface area contributed by atoms with E-state index in [0.717, 1.165) is 49.4 Å².